The van der Waals surface area contributed by atoms with Crippen molar-refractivity contribution in [2.45, 2.75) is 0 Å². The molecule has 2 heterocycles. The zero-order chi connectivity index (χ0) is 39.0. The number of benzene rings is 8. The number of nitrogens with one attached hydrogen (secondary N) is 1. The van der Waals surface area contributed by atoms with E-state index in [1.165, 1.54) is 12.1 Å². The maximum Gasteiger partial charge on any atom is 0.151 e. The van der Waals surface area contributed by atoms with Gasteiger partial charge in [-0.2, -0.15) is 10.5 Å². The van der Waals surface area contributed by atoms with Gasteiger partial charge in [-0.3, -0.25) is 0 Å². The second kappa shape index (κ2) is 16.5. The number of fused-ring (bicyclic) bond motifs is 4. The molecule has 0 bridgehead atoms. The molecule has 0 amide bonds. The molecule has 8 aromatic rings. The van der Waals surface area contributed by atoms with Crippen molar-refractivity contribution in [1.82, 2.24) is 0 Å². The molecule has 0 unspecified atom stereocenters. The molecule has 7 heteroatoms. The summed E-state index contributed by atoms with van der Waals surface area (Å²) in [4.78, 5) is 2.21. The molecule has 2 aliphatic rings. The number of nitrogens with zero attached hydrogens (tertiary/aromatic N) is 3. The van der Waals surface area contributed by atoms with Crippen LogP contribution >= 0.6 is 0 Å². The molecule has 0 aliphatic carbocycles. The second-order valence-corrected chi connectivity index (χ2v) is 13.0. The molecule has 0 atom stereocenters. The Morgan fingerprint density at radius 2 is 0.842 bits per heavy atom. The van der Waals surface area contributed by atoms with Gasteiger partial charge in [0.05, 0.1) is 51.7 Å². The lowest BCUT2D eigenvalue weighted by Gasteiger charge is -2.34. The van der Waals surface area contributed by atoms with E-state index in [1.54, 1.807) is 6.07 Å². The van der Waals surface area contributed by atoms with E-state index >= 15 is 0 Å². The van der Waals surface area contributed by atoms with Gasteiger partial charge in [0.1, 0.15) is 5.82 Å². The van der Waals surface area contributed by atoms with E-state index < -0.39 is 0 Å². The topological polar surface area (TPSA) is 81.3 Å². The summed E-state index contributed by atoms with van der Waals surface area (Å²) in [6, 6.07) is 65.7. The first kappa shape index (κ1) is 35.9. The first-order chi connectivity index (χ1) is 28.1. The smallest absolute Gasteiger partial charge is 0.151 e. The molecule has 57 heavy (non-hydrogen) atoms. The standard InChI is InChI=1S/C25H16N2O.C13H8FN.C12H9NO/c26-17-18-14-15-21(20(16-18)19-8-2-1-3-9-19)27-22-10-4-6-12-24(22)28-25-13-7-5-11-23(25)27;14-13-7-6-10(9-15)8-12(13)11-4-2-1-3-5-11;1-3-7-11-9(5-1)13-10-6-2-4-8-12(10)14-11/h1-16H;1-8H;1-8,13H. The number of para-hydroxylation sites is 8. The summed E-state index contributed by atoms with van der Waals surface area (Å²) in [5.74, 6) is 3.08. The first-order valence-corrected chi connectivity index (χ1v) is 18.2. The Labute approximate surface area is 330 Å². The number of ether oxygens (including phenoxy) is 2. The monoisotopic (exact) mass is 740 g/mol. The highest BCUT2D eigenvalue weighted by Gasteiger charge is 2.27. The van der Waals surface area contributed by atoms with Gasteiger partial charge in [-0.1, -0.05) is 109 Å². The van der Waals surface area contributed by atoms with Crippen molar-refractivity contribution in [3.8, 4) is 57.4 Å². The van der Waals surface area contributed by atoms with Crippen LogP contribution in [0, 0.1) is 28.5 Å². The summed E-state index contributed by atoms with van der Waals surface area (Å²) < 4.78 is 25.3. The minimum Gasteiger partial charge on any atom is -0.453 e. The summed E-state index contributed by atoms with van der Waals surface area (Å²) >= 11 is 0. The Kier molecular flexibility index (Phi) is 10.4. The summed E-state index contributed by atoms with van der Waals surface area (Å²) in [7, 11) is 0. The average Bonchev–Trinajstić information content (AvgIpc) is 3.28. The number of halogens is 1. The SMILES string of the molecule is N#Cc1ccc(F)c(-c2ccccc2)c1.N#Cc1ccc(N2c3ccccc3Oc3ccccc32)c(-c2ccccc2)c1.c1ccc2c(c1)Nc1ccccc1O2. The van der Waals surface area contributed by atoms with Crippen molar-refractivity contribution in [3.63, 3.8) is 0 Å². The quantitative estimate of drug-likeness (QED) is 0.194. The van der Waals surface area contributed by atoms with Crippen LogP contribution in [-0.4, -0.2) is 0 Å². The number of hydrogen-bond acceptors (Lipinski definition) is 6. The van der Waals surface area contributed by atoms with Crippen LogP contribution in [0.15, 0.2) is 194 Å². The fraction of sp³-hybridized carbons (Fsp3) is 0. The van der Waals surface area contributed by atoms with Gasteiger partial charge in [0.25, 0.3) is 0 Å². The number of hydrogen-bond donors (Lipinski definition) is 1. The van der Waals surface area contributed by atoms with Gasteiger partial charge in [0.15, 0.2) is 23.0 Å². The van der Waals surface area contributed by atoms with Crippen molar-refractivity contribution < 1.29 is 13.9 Å². The van der Waals surface area contributed by atoms with Crippen LogP contribution in [0.1, 0.15) is 11.1 Å². The predicted octanol–water partition coefficient (Wildman–Crippen LogP) is 13.7. The summed E-state index contributed by atoms with van der Waals surface area (Å²) in [5, 5.41) is 21.5. The van der Waals surface area contributed by atoms with Crippen molar-refractivity contribution >= 4 is 28.4 Å². The van der Waals surface area contributed by atoms with Crippen LogP contribution in [0.3, 0.4) is 0 Å². The minimum absolute atomic E-state index is 0.305. The van der Waals surface area contributed by atoms with Crippen molar-refractivity contribution in [3.05, 3.63) is 211 Å². The molecule has 8 aromatic carbocycles. The van der Waals surface area contributed by atoms with Crippen LogP contribution in [-0.2, 0) is 0 Å². The van der Waals surface area contributed by atoms with Gasteiger partial charge in [-0.05, 0) is 96.1 Å². The maximum absolute atomic E-state index is 13.5. The largest absolute Gasteiger partial charge is 0.453 e. The van der Waals surface area contributed by atoms with E-state index in [2.05, 4.69) is 40.6 Å². The second-order valence-electron chi connectivity index (χ2n) is 13.0. The van der Waals surface area contributed by atoms with Gasteiger partial charge in [-0.15, -0.1) is 0 Å². The molecule has 1 N–H and O–H groups in total. The lowest BCUT2D eigenvalue weighted by atomic mass is 9.99. The van der Waals surface area contributed by atoms with Gasteiger partial charge >= 0.3 is 0 Å². The molecule has 0 aromatic heterocycles. The molecule has 10 rings (SSSR count). The summed E-state index contributed by atoms with van der Waals surface area (Å²) in [6.07, 6.45) is 0. The Balaban J connectivity index is 0.000000132. The third-order valence-electron chi connectivity index (χ3n) is 9.33. The van der Waals surface area contributed by atoms with Crippen LogP contribution in [0.2, 0.25) is 0 Å². The van der Waals surface area contributed by atoms with E-state index in [1.807, 2.05) is 158 Å². The fourth-order valence-corrected chi connectivity index (χ4v) is 6.63. The summed E-state index contributed by atoms with van der Waals surface area (Å²) in [5.41, 5.74) is 9.42. The van der Waals surface area contributed by atoms with Crippen molar-refractivity contribution in [2.24, 2.45) is 0 Å². The van der Waals surface area contributed by atoms with E-state index in [4.69, 9.17) is 14.7 Å². The Morgan fingerprint density at radius 3 is 1.39 bits per heavy atom. The normalized spacial score (nSPS) is 11.2. The molecule has 0 saturated heterocycles. The van der Waals surface area contributed by atoms with Gasteiger partial charge in [0, 0.05) is 11.1 Å². The summed E-state index contributed by atoms with van der Waals surface area (Å²) in [6.45, 7) is 0. The Bertz CT molecular complexity index is 2640. The molecule has 6 nitrogen and oxygen atoms in total. The third kappa shape index (κ3) is 7.77. The van der Waals surface area contributed by atoms with Gasteiger partial charge in [0.2, 0.25) is 0 Å². The van der Waals surface area contributed by atoms with E-state index in [9.17, 15) is 9.65 Å². The first-order valence-electron chi connectivity index (χ1n) is 18.2. The van der Waals surface area contributed by atoms with Crippen LogP contribution in [0.4, 0.5) is 32.8 Å². The highest BCUT2D eigenvalue weighted by molar-refractivity contribution is 5.93. The molecule has 0 fully saturated rings. The van der Waals surface area contributed by atoms with Crippen LogP contribution in [0.5, 0.6) is 23.0 Å². The molecule has 272 valence electrons. The maximum atomic E-state index is 13.5. The molecule has 0 saturated carbocycles. The average molecular weight is 741 g/mol. The third-order valence-corrected chi connectivity index (χ3v) is 9.33. The van der Waals surface area contributed by atoms with Gasteiger partial charge < -0.3 is 19.7 Å². The van der Waals surface area contributed by atoms with E-state index in [-0.39, 0.29) is 5.82 Å². The predicted molar refractivity (Wildman–Crippen MR) is 224 cm³/mol. The van der Waals surface area contributed by atoms with Crippen LogP contribution < -0.4 is 19.7 Å². The molecule has 0 spiro atoms. The fourth-order valence-electron chi connectivity index (χ4n) is 6.63. The highest BCUT2D eigenvalue weighted by atomic mass is 19.1. The molecule has 2 aliphatic heterocycles. The van der Waals surface area contributed by atoms with E-state index in [0.29, 0.717) is 16.7 Å². The van der Waals surface area contributed by atoms with Crippen molar-refractivity contribution in [2.75, 3.05) is 10.2 Å². The zero-order valence-electron chi connectivity index (χ0n) is 30.5. The zero-order valence-corrected chi connectivity index (χ0v) is 30.5. The lowest BCUT2D eigenvalue weighted by molar-refractivity contribution is 0.477. The Morgan fingerprint density at radius 1 is 0.421 bits per heavy atom. The molecular formula is C50H33FN4O2. The molecule has 0 radical (unpaired) electrons. The highest BCUT2D eigenvalue weighted by Crippen LogP contribution is 2.52. The lowest BCUT2D eigenvalue weighted by Crippen LogP contribution is -2.16. The number of anilines is 5. The van der Waals surface area contributed by atoms with Crippen molar-refractivity contribution in [1.29, 1.82) is 10.5 Å². The van der Waals surface area contributed by atoms with Crippen LogP contribution in [0.25, 0.3) is 22.3 Å². The van der Waals surface area contributed by atoms with Gasteiger partial charge in [-0.25, -0.2) is 4.39 Å². The van der Waals surface area contributed by atoms with E-state index in [0.717, 1.165) is 68.1 Å². The number of rotatable bonds is 3. The number of nitriles is 2. The minimum atomic E-state index is -0.305. The molecular weight excluding hydrogens is 708 g/mol. The Hall–Kier alpha value is -8.13.